The Kier molecular flexibility index (Phi) is 6.78. The lowest BCUT2D eigenvalue weighted by atomic mass is 10.1. The SMILES string of the molecule is CCn1c(S[C@@H](C)C(=O)N[C@@H](C)c2ccc(F)cc2)nc2scc(-c3cccs3)c2c1=O. The predicted octanol–water partition coefficient (Wildman–Crippen LogP) is 5.70. The van der Waals surface area contributed by atoms with Crippen LogP contribution in [0, 0.1) is 5.82 Å². The van der Waals surface area contributed by atoms with Crippen molar-refractivity contribution in [3.63, 3.8) is 0 Å². The molecule has 1 N–H and O–H groups in total. The highest BCUT2D eigenvalue weighted by Gasteiger charge is 2.22. The third-order valence-corrected chi connectivity index (χ3v) is 8.01. The molecule has 0 bridgehead atoms. The number of nitrogens with zero attached hydrogens (tertiary/aromatic N) is 2. The number of amides is 1. The Labute approximate surface area is 197 Å². The fourth-order valence-corrected chi connectivity index (χ4v) is 6.15. The van der Waals surface area contributed by atoms with E-state index in [0.29, 0.717) is 21.9 Å². The minimum absolute atomic E-state index is 0.0862. The van der Waals surface area contributed by atoms with Crippen molar-refractivity contribution in [2.75, 3.05) is 0 Å². The van der Waals surface area contributed by atoms with Crippen molar-refractivity contribution in [1.82, 2.24) is 14.9 Å². The molecule has 32 heavy (non-hydrogen) atoms. The van der Waals surface area contributed by atoms with Gasteiger partial charge in [0.15, 0.2) is 5.16 Å². The second-order valence-electron chi connectivity index (χ2n) is 7.29. The van der Waals surface area contributed by atoms with E-state index < -0.39 is 5.25 Å². The van der Waals surface area contributed by atoms with Gasteiger partial charge in [0.1, 0.15) is 10.6 Å². The molecule has 1 aromatic carbocycles. The second-order valence-corrected chi connectivity index (χ2v) is 10.4. The zero-order valence-electron chi connectivity index (χ0n) is 17.8. The number of thiophene rings is 2. The molecule has 0 spiro atoms. The van der Waals surface area contributed by atoms with Crippen LogP contribution in [0.4, 0.5) is 4.39 Å². The van der Waals surface area contributed by atoms with Gasteiger partial charge in [0, 0.05) is 22.4 Å². The van der Waals surface area contributed by atoms with Gasteiger partial charge in [-0.25, -0.2) is 9.37 Å². The summed E-state index contributed by atoms with van der Waals surface area (Å²) in [5, 5.41) is 7.61. The lowest BCUT2D eigenvalue weighted by Crippen LogP contribution is -2.33. The number of rotatable bonds is 7. The molecule has 4 aromatic rings. The molecule has 2 atom stereocenters. The van der Waals surface area contributed by atoms with Gasteiger partial charge in [-0.2, -0.15) is 0 Å². The molecule has 5 nitrogen and oxygen atoms in total. The average Bonchev–Trinajstić information content (AvgIpc) is 3.44. The molecule has 9 heteroatoms. The summed E-state index contributed by atoms with van der Waals surface area (Å²) < 4.78 is 14.8. The van der Waals surface area contributed by atoms with Crippen LogP contribution in [0.25, 0.3) is 20.7 Å². The first-order valence-corrected chi connectivity index (χ1v) is 12.8. The number of hydrogen-bond acceptors (Lipinski definition) is 6. The Bertz CT molecular complexity index is 1300. The van der Waals surface area contributed by atoms with Gasteiger partial charge in [-0.15, -0.1) is 22.7 Å². The van der Waals surface area contributed by atoms with E-state index in [0.717, 1.165) is 16.0 Å². The van der Waals surface area contributed by atoms with Crippen LogP contribution in [0.1, 0.15) is 32.4 Å². The molecular formula is C23H22FN3O2S3. The van der Waals surface area contributed by atoms with Crippen molar-refractivity contribution in [2.24, 2.45) is 0 Å². The fourth-order valence-electron chi connectivity index (χ4n) is 3.36. The van der Waals surface area contributed by atoms with Crippen molar-refractivity contribution in [1.29, 1.82) is 0 Å². The number of nitrogens with one attached hydrogen (secondary N) is 1. The largest absolute Gasteiger partial charge is 0.349 e. The maximum Gasteiger partial charge on any atom is 0.263 e. The van der Waals surface area contributed by atoms with Gasteiger partial charge in [-0.05, 0) is 49.9 Å². The Balaban J connectivity index is 1.57. The fraction of sp³-hybridized carbons (Fsp3) is 0.261. The number of aromatic nitrogens is 2. The van der Waals surface area contributed by atoms with E-state index >= 15 is 0 Å². The maximum absolute atomic E-state index is 13.3. The standard InChI is InChI=1S/C23H22FN3O2S3/c1-4-27-22(29)19-17(18-6-5-11-30-18)12-31-21(19)26-23(27)32-14(3)20(28)25-13(2)15-7-9-16(24)10-8-15/h5-14H,4H2,1-3H3,(H,25,28)/t13-,14-/m0/s1. The van der Waals surface area contributed by atoms with Gasteiger partial charge in [0.2, 0.25) is 5.91 Å². The van der Waals surface area contributed by atoms with Crippen LogP contribution in [0.3, 0.4) is 0 Å². The molecule has 1 amide bonds. The third-order valence-electron chi connectivity index (χ3n) is 5.14. The molecule has 0 radical (unpaired) electrons. The van der Waals surface area contributed by atoms with Crippen LogP contribution in [0.2, 0.25) is 0 Å². The number of carbonyl (C=O) groups is 1. The Morgan fingerprint density at radius 1 is 1.22 bits per heavy atom. The summed E-state index contributed by atoms with van der Waals surface area (Å²) in [6.45, 7) is 6.01. The molecule has 166 valence electrons. The van der Waals surface area contributed by atoms with Crippen molar-refractivity contribution in [3.8, 4) is 10.4 Å². The van der Waals surface area contributed by atoms with Crippen LogP contribution in [-0.4, -0.2) is 20.7 Å². The normalized spacial score (nSPS) is 13.2. The number of halogens is 1. The number of benzene rings is 1. The zero-order chi connectivity index (χ0) is 22.8. The van der Waals surface area contributed by atoms with Crippen molar-refractivity contribution >= 4 is 50.6 Å². The zero-order valence-corrected chi connectivity index (χ0v) is 20.2. The summed E-state index contributed by atoms with van der Waals surface area (Å²) in [5.74, 6) is -0.486. The Morgan fingerprint density at radius 2 is 1.97 bits per heavy atom. The summed E-state index contributed by atoms with van der Waals surface area (Å²) >= 11 is 4.30. The number of thioether (sulfide) groups is 1. The quantitative estimate of drug-likeness (QED) is 0.268. The molecule has 0 saturated carbocycles. The lowest BCUT2D eigenvalue weighted by Gasteiger charge is -2.18. The Hall–Kier alpha value is -2.49. The van der Waals surface area contributed by atoms with Gasteiger partial charge in [-0.1, -0.05) is 30.0 Å². The van der Waals surface area contributed by atoms with Gasteiger partial charge >= 0.3 is 0 Å². The van der Waals surface area contributed by atoms with Crippen molar-refractivity contribution in [2.45, 2.75) is 43.8 Å². The molecule has 3 heterocycles. The first-order chi connectivity index (χ1) is 15.4. The molecule has 0 aliphatic rings. The molecule has 0 aliphatic carbocycles. The van der Waals surface area contributed by atoms with Gasteiger partial charge in [0.05, 0.1) is 16.7 Å². The van der Waals surface area contributed by atoms with E-state index in [9.17, 15) is 14.0 Å². The minimum atomic E-state index is -0.461. The summed E-state index contributed by atoms with van der Waals surface area (Å²) in [6, 6.07) is 9.77. The van der Waals surface area contributed by atoms with E-state index in [1.165, 1.54) is 35.2 Å². The van der Waals surface area contributed by atoms with E-state index in [-0.39, 0.29) is 23.3 Å². The lowest BCUT2D eigenvalue weighted by molar-refractivity contribution is -0.120. The molecule has 3 aromatic heterocycles. The minimum Gasteiger partial charge on any atom is -0.349 e. The summed E-state index contributed by atoms with van der Waals surface area (Å²) in [7, 11) is 0. The van der Waals surface area contributed by atoms with Crippen LogP contribution < -0.4 is 10.9 Å². The highest BCUT2D eigenvalue weighted by molar-refractivity contribution is 8.00. The van der Waals surface area contributed by atoms with E-state index in [1.54, 1.807) is 35.0 Å². The van der Waals surface area contributed by atoms with Gasteiger partial charge < -0.3 is 5.32 Å². The second kappa shape index (κ2) is 9.56. The molecule has 4 rings (SSSR count). The average molecular weight is 488 g/mol. The highest BCUT2D eigenvalue weighted by Crippen LogP contribution is 2.35. The monoisotopic (exact) mass is 487 g/mol. The van der Waals surface area contributed by atoms with Gasteiger partial charge in [0.25, 0.3) is 5.56 Å². The van der Waals surface area contributed by atoms with Crippen LogP contribution >= 0.6 is 34.4 Å². The predicted molar refractivity (Wildman–Crippen MR) is 131 cm³/mol. The Morgan fingerprint density at radius 3 is 2.62 bits per heavy atom. The third kappa shape index (κ3) is 4.51. The van der Waals surface area contributed by atoms with E-state index in [2.05, 4.69) is 5.32 Å². The summed E-state index contributed by atoms with van der Waals surface area (Å²) in [6.07, 6.45) is 0. The summed E-state index contributed by atoms with van der Waals surface area (Å²) in [5.41, 5.74) is 1.65. The first kappa shape index (κ1) is 22.7. The van der Waals surface area contributed by atoms with Crippen LogP contribution in [0.5, 0.6) is 0 Å². The molecule has 0 unspecified atom stereocenters. The van der Waals surface area contributed by atoms with Crippen molar-refractivity contribution in [3.05, 3.63) is 68.9 Å². The molecule has 0 fully saturated rings. The van der Waals surface area contributed by atoms with Crippen LogP contribution in [0.15, 0.2) is 57.1 Å². The molecular weight excluding hydrogens is 465 g/mol. The van der Waals surface area contributed by atoms with Crippen LogP contribution in [-0.2, 0) is 11.3 Å². The maximum atomic E-state index is 13.3. The molecule has 0 saturated heterocycles. The van der Waals surface area contributed by atoms with Gasteiger partial charge in [-0.3, -0.25) is 14.2 Å². The molecule has 0 aliphatic heterocycles. The first-order valence-electron chi connectivity index (χ1n) is 10.2. The number of fused-ring (bicyclic) bond motifs is 1. The topological polar surface area (TPSA) is 64.0 Å². The van der Waals surface area contributed by atoms with Crippen molar-refractivity contribution < 1.29 is 9.18 Å². The summed E-state index contributed by atoms with van der Waals surface area (Å²) in [4.78, 5) is 32.5. The number of hydrogen-bond donors (Lipinski definition) is 1. The highest BCUT2D eigenvalue weighted by atomic mass is 32.2. The smallest absolute Gasteiger partial charge is 0.263 e. The number of carbonyl (C=O) groups excluding carboxylic acids is 1. The van der Waals surface area contributed by atoms with E-state index in [1.807, 2.05) is 36.7 Å². The van der Waals surface area contributed by atoms with E-state index in [4.69, 9.17) is 4.98 Å².